The van der Waals surface area contributed by atoms with Crippen LogP contribution in [-0.4, -0.2) is 42.4 Å². The molecule has 0 amide bonds. The molecule has 210 valence electrons. The summed E-state index contributed by atoms with van der Waals surface area (Å²) >= 11 is 1.06. The summed E-state index contributed by atoms with van der Waals surface area (Å²) in [6, 6.07) is 8.95. The Kier molecular flexibility index (Phi) is 8.38. The van der Waals surface area contributed by atoms with Gasteiger partial charge in [-0.05, 0) is 45.9 Å². The number of nitro groups is 1. The number of carbonyl (C=O) groups is 1. The van der Waals surface area contributed by atoms with E-state index in [0.717, 1.165) is 11.3 Å². The first kappa shape index (κ1) is 28.6. The molecule has 0 radical (unpaired) electrons. The number of benzene rings is 2. The second-order valence-electron chi connectivity index (χ2n) is 9.03. The number of allylic oxidation sites excluding steroid dienone is 1. The van der Waals surface area contributed by atoms with Crippen LogP contribution in [0.4, 0.5) is 5.69 Å². The quantitative estimate of drug-likeness (QED) is 0.218. The summed E-state index contributed by atoms with van der Waals surface area (Å²) < 4.78 is 23.5. The van der Waals surface area contributed by atoms with Crippen LogP contribution < -0.4 is 29.1 Å². The molecule has 0 N–H and O–H groups in total. The second kappa shape index (κ2) is 11.7. The highest BCUT2D eigenvalue weighted by atomic mass is 32.1. The van der Waals surface area contributed by atoms with Gasteiger partial charge in [0.25, 0.3) is 11.2 Å². The number of nitrogens with zero attached hydrogens (tertiary/aromatic N) is 3. The lowest BCUT2D eigenvalue weighted by molar-refractivity contribution is -0.385. The zero-order valence-corrected chi connectivity index (χ0v) is 23.7. The second-order valence-corrected chi connectivity index (χ2v) is 10.0. The van der Waals surface area contributed by atoms with Gasteiger partial charge in [-0.15, -0.1) is 0 Å². The van der Waals surface area contributed by atoms with E-state index in [0.29, 0.717) is 21.8 Å². The first-order valence-electron chi connectivity index (χ1n) is 12.5. The monoisotopic (exact) mass is 567 g/mol. The van der Waals surface area contributed by atoms with Crippen molar-refractivity contribution in [2.24, 2.45) is 4.99 Å². The van der Waals surface area contributed by atoms with Gasteiger partial charge < -0.3 is 18.9 Å². The van der Waals surface area contributed by atoms with Gasteiger partial charge >= 0.3 is 5.97 Å². The summed E-state index contributed by atoms with van der Waals surface area (Å²) in [5.41, 5.74) is 0.587. The van der Waals surface area contributed by atoms with Gasteiger partial charge in [0.05, 0.1) is 59.3 Å². The third-order valence-electron chi connectivity index (χ3n) is 6.11. The molecule has 1 atom stereocenters. The highest BCUT2D eigenvalue weighted by molar-refractivity contribution is 7.07. The van der Waals surface area contributed by atoms with Gasteiger partial charge in [0.2, 0.25) is 0 Å². The van der Waals surface area contributed by atoms with Crippen molar-refractivity contribution in [3.63, 3.8) is 0 Å². The minimum absolute atomic E-state index is 0.139. The SMILES string of the molecule is CCOC(=O)C1=C(C)N=c2s/c(=C/c3cc(OC)c(OC)cc3[N+](=O)[O-])c(=O)n2[C@H]1c1ccccc1OC(C)C. The Morgan fingerprint density at radius 1 is 1.18 bits per heavy atom. The Bertz CT molecular complexity index is 1690. The van der Waals surface area contributed by atoms with E-state index in [1.54, 1.807) is 32.0 Å². The number of aromatic nitrogens is 1. The van der Waals surface area contributed by atoms with Gasteiger partial charge in [-0.1, -0.05) is 29.5 Å². The molecule has 4 rings (SSSR count). The Morgan fingerprint density at radius 3 is 2.48 bits per heavy atom. The molecule has 3 aromatic rings. The number of thiazole rings is 1. The van der Waals surface area contributed by atoms with Crippen molar-refractivity contribution >= 4 is 29.1 Å². The minimum Gasteiger partial charge on any atom is -0.493 e. The van der Waals surface area contributed by atoms with E-state index in [9.17, 15) is 19.7 Å². The Labute approximate surface area is 233 Å². The third-order valence-corrected chi connectivity index (χ3v) is 7.09. The van der Waals surface area contributed by atoms with Crippen LogP contribution in [0.5, 0.6) is 17.2 Å². The van der Waals surface area contributed by atoms with E-state index >= 15 is 0 Å². The first-order valence-corrected chi connectivity index (χ1v) is 13.3. The number of ether oxygens (including phenoxy) is 4. The molecular weight excluding hydrogens is 538 g/mol. The topological polar surface area (TPSA) is 131 Å². The van der Waals surface area contributed by atoms with Crippen LogP contribution in [0.3, 0.4) is 0 Å². The largest absolute Gasteiger partial charge is 0.493 e. The van der Waals surface area contributed by atoms with E-state index in [1.165, 1.54) is 37.0 Å². The molecule has 0 bridgehead atoms. The number of para-hydroxylation sites is 1. The summed E-state index contributed by atoms with van der Waals surface area (Å²) in [5.74, 6) is 0.358. The molecule has 0 aliphatic carbocycles. The Balaban J connectivity index is 2.02. The highest BCUT2D eigenvalue weighted by Crippen LogP contribution is 2.37. The normalized spacial score (nSPS) is 15.0. The van der Waals surface area contributed by atoms with Gasteiger partial charge in [-0.2, -0.15) is 0 Å². The standard InChI is InChI=1S/C28H29N3O8S/c1-7-38-27(33)24-16(4)29-28-30(25(24)18-10-8-9-11-20(18)39-15(2)3)26(32)23(40-28)13-17-12-21(36-5)22(37-6)14-19(17)31(34)35/h8-15,25H,7H2,1-6H3/b23-13+/t25-/m0/s1. The van der Waals surface area contributed by atoms with E-state index in [2.05, 4.69) is 4.99 Å². The number of hydrogen-bond donors (Lipinski definition) is 0. The molecule has 0 spiro atoms. The predicted molar refractivity (Wildman–Crippen MR) is 149 cm³/mol. The molecule has 2 aromatic carbocycles. The van der Waals surface area contributed by atoms with Gasteiger partial charge in [0, 0.05) is 5.56 Å². The summed E-state index contributed by atoms with van der Waals surface area (Å²) in [6.07, 6.45) is 1.25. The van der Waals surface area contributed by atoms with Crippen molar-refractivity contribution in [3.8, 4) is 17.2 Å². The van der Waals surface area contributed by atoms with E-state index in [1.807, 2.05) is 19.9 Å². The molecule has 12 heteroatoms. The maximum atomic E-state index is 14.0. The first-order chi connectivity index (χ1) is 19.1. The molecule has 0 unspecified atom stereocenters. The van der Waals surface area contributed by atoms with Crippen molar-refractivity contribution in [3.05, 3.63) is 88.6 Å². The number of fused-ring (bicyclic) bond motifs is 1. The number of hydrogen-bond acceptors (Lipinski definition) is 10. The maximum Gasteiger partial charge on any atom is 0.338 e. The van der Waals surface area contributed by atoms with Crippen molar-refractivity contribution in [1.29, 1.82) is 0 Å². The van der Waals surface area contributed by atoms with Crippen LogP contribution in [-0.2, 0) is 9.53 Å². The molecule has 1 aliphatic heterocycles. The number of carbonyl (C=O) groups excluding carboxylic acids is 1. The summed E-state index contributed by atoms with van der Waals surface area (Å²) in [6.45, 7) is 7.28. The molecule has 2 heterocycles. The van der Waals surface area contributed by atoms with Crippen LogP contribution in [0.15, 0.2) is 57.5 Å². The van der Waals surface area contributed by atoms with Crippen molar-refractivity contribution < 1.29 is 28.7 Å². The fourth-order valence-corrected chi connectivity index (χ4v) is 5.49. The summed E-state index contributed by atoms with van der Waals surface area (Å²) in [7, 11) is 2.79. The average molecular weight is 568 g/mol. The summed E-state index contributed by atoms with van der Waals surface area (Å²) in [4.78, 5) is 43.4. The lowest BCUT2D eigenvalue weighted by Crippen LogP contribution is -2.40. The predicted octanol–water partition coefficient (Wildman–Crippen LogP) is 3.51. The zero-order chi connectivity index (χ0) is 29.1. The lowest BCUT2D eigenvalue weighted by atomic mass is 9.95. The average Bonchev–Trinajstić information content (AvgIpc) is 3.21. The molecule has 1 aromatic heterocycles. The van der Waals surface area contributed by atoms with E-state index in [4.69, 9.17) is 18.9 Å². The zero-order valence-electron chi connectivity index (χ0n) is 22.9. The van der Waals surface area contributed by atoms with E-state index < -0.39 is 22.5 Å². The molecule has 11 nitrogen and oxygen atoms in total. The smallest absolute Gasteiger partial charge is 0.338 e. The number of rotatable bonds is 9. The van der Waals surface area contributed by atoms with Crippen LogP contribution >= 0.6 is 11.3 Å². The van der Waals surface area contributed by atoms with E-state index in [-0.39, 0.29) is 45.6 Å². The van der Waals surface area contributed by atoms with Crippen molar-refractivity contribution in [2.45, 2.75) is 39.8 Å². The number of nitro benzene ring substituents is 1. The minimum atomic E-state index is -0.896. The van der Waals surface area contributed by atoms with Crippen LogP contribution in [0.25, 0.3) is 6.08 Å². The molecule has 0 saturated carbocycles. The third kappa shape index (κ3) is 5.34. The van der Waals surface area contributed by atoms with Gasteiger partial charge in [-0.25, -0.2) is 9.79 Å². The molecule has 0 fully saturated rings. The Morgan fingerprint density at radius 2 is 1.85 bits per heavy atom. The fraction of sp³-hybridized carbons (Fsp3) is 0.321. The van der Waals surface area contributed by atoms with Crippen LogP contribution in [0.2, 0.25) is 0 Å². The number of methoxy groups -OCH3 is 2. The van der Waals surface area contributed by atoms with Crippen molar-refractivity contribution in [2.75, 3.05) is 20.8 Å². The Hall–Kier alpha value is -4.45. The number of esters is 1. The van der Waals surface area contributed by atoms with Crippen molar-refractivity contribution in [1.82, 2.24) is 4.57 Å². The highest BCUT2D eigenvalue weighted by Gasteiger charge is 2.35. The van der Waals surface area contributed by atoms with Crippen LogP contribution in [0, 0.1) is 10.1 Å². The maximum absolute atomic E-state index is 14.0. The van der Waals surface area contributed by atoms with Crippen LogP contribution in [0.1, 0.15) is 44.9 Å². The van der Waals surface area contributed by atoms with Gasteiger partial charge in [0.15, 0.2) is 16.3 Å². The van der Waals surface area contributed by atoms with Gasteiger partial charge in [0.1, 0.15) is 11.8 Å². The lowest BCUT2D eigenvalue weighted by Gasteiger charge is -2.26. The molecular formula is C28H29N3O8S. The fourth-order valence-electron chi connectivity index (χ4n) is 4.45. The van der Waals surface area contributed by atoms with Gasteiger partial charge in [-0.3, -0.25) is 19.5 Å². The molecule has 40 heavy (non-hydrogen) atoms. The molecule has 1 aliphatic rings. The summed E-state index contributed by atoms with van der Waals surface area (Å²) in [5, 5.41) is 11.9. The molecule has 0 saturated heterocycles.